The molecule has 0 saturated carbocycles. The molecule has 0 aliphatic carbocycles. The maximum atomic E-state index is 12.9. The summed E-state index contributed by atoms with van der Waals surface area (Å²) < 4.78 is 13.3. The zero-order chi connectivity index (χ0) is 9.97. The Balaban J connectivity index is 2.22. The third-order valence-corrected chi connectivity index (χ3v) is 2.30. The molecule has 2 N–H and O–H groups in total. The van der Waals surface area contributed by atoms with E-state index in [1.54, 1.807) is 24.7 Å². The van der Waals surface area contributed by atoms with Crippen molar-refractivity contribution in [3.8, 4) is 0 Å². The highest BCUT2D eigenvalue weighted by molar-refractivity contribution is 9.10. The van der Waals surface area contributed by atoms with E-state index in [1.165, 1.54) is 6.07 Å². The molecule has 3 nitrogen and oxygen atoms in total. The molecule has 0 saturated heterocycles. The Morgan fingerprint density at radius 2 is 2.29 bits per heavy atom. The van der Waals surface area contributed by atoms with Gasteiger partial charge >= 0.3 is 0 Å². The first-order valence-electron chi connectivity index (χ1n) is 3.96. The normalized spacial score (nSPS) is 10.1. The molecule has 1 aromatic heterocycles. The van der Waals surface area contributed by atoms with Gasteiger partial charge in [-0.05, 0) is 34.1 Å². The number of anilines is 2. The van der Waals surface area contributed by atoms with Crippen molar-refractivity contribution in [3.05, 3.63) is 41.0 Å². The standard InChI is InChI=1S/C9H7BrFN3/c10-7-3-6(1-2-8(7)11)14-9-4-12-5-13-9/h1-5,14H,(H,12,13). The van der Waals surface area contributed by atoms with E-state index >= 15 is 0 Å². The van der Waals surface area contributed by atoms with Gasteiger partial charge in [0.15, 0.2) is 0 Å². The highest BCUT2D eigenvalue weighted by Crippen LogP contribution is 2.21. The molecule has 1 aromatic carbocycles. The summed E-state index contributed by atoms with van der Waals surface area (Å²) in [7, 11) is 0. The van der Waals surface area contributed by atoms with Crippen LogP contribution in [-0.4, -0.2) is 9.97 Å². The third-order valence-electron chi connectivity index (χ3n) is 1.70. The lowest BCUT2D eigenvalue weighted by Crippen LogP contribution is -1.90. The molecule has 0 fully saturated rings. The van der Waals surface area contributed by atoms with E-state index in [-0.39, 0.29) is 5.82 Å². The fraction of sp³-hybridized carbons (Fsp3) is 0. The molecule has 5 heteroatoms. The summed E-state index contributed by atoms with van der Waals surface area (Å²) in [5.41, 5.74) is 0.794. The van der Waals surface area contributed by atoms with Crippen LogP contribution in [0.15, 0.2) is 35.2 Å². The maximum absolute atomic E-state index is 12.9. The highest BCUT2D eigenvalue weighted by atomic mass is 79.9. The van der Waals surface area contributed by atoms with E-state index in [0.717, 1.165) is 11.5 Å². The lowest BCUT2D eigenvalue weighted by molar-refractivity contribution is 0.621. The van der Waals surface area contributed by atoms with Gasteiger partial charge in [-0.15, -0.1) is 0 Å². The van der Waals surface area contributed by atoms with Crippen LogP contribution < -0.4 is 5.32 Å². The number of nitrogens with zero attached hydrogens (tertiary/aromatic N) is 1. The summed E-state index contributed by atoms with van der Waals surface area (Å²) in [4.78, 5) is 6.74. The second-order valence-corrected chi connectivity index (χ2v) is 3.57. The fourth-order valence-electron chi connectivity index (χ4n) is 1.05. The van der Waals surface area contributed by atoms with Crippen molar-refractivity contribution in [2.45, 2.75) is 0 Å². The fourth-order valence-corrected chi connectivity index (χ4v) is 1.43. The number of hydrogen-bond acceptors (Lipinski definition) is 2. The zero-order valence-corrected chi connectivity index (χ0v) is 8.68. The van der Waals surface area contributed by atoms with Crippen LogP contribution in [0.1, 0.15) is 0 Å². The molecule has 0 aliphatic heterocycles. The predicted molar refractivity (Wildman–Crippen MR) is 56.0 cm³/mol. The van der Waals surface area contributed by atoms with Crippen molar-refractivity contribution >= 4 is 27.4 Å². The molecule has 2 rings (SSSR count). The Morgan fingerprint density at radius 1 is 1.43 bits per heavy atom. The van der Waals surface area contributed by atoms with Gasteiger partial charge in [-0.1, -0.05) is 0 Å². The van der Waals surface area contributed by atoms with Crippen LogP contribution in [0.2, 0.25) is 0 Å². The number of hydrogen-bond donors (Lipinski definition) is 2. The number of imidazole rings is 1. The summed E-state index contributed by atoms with van der Waals surface area (Å²) in [6.45, 7) is 0. The van der Waals surface area contributed by atoms with Gasteiger partial charge in [0.25, 0.3) is 0 Å². The van der Waals surface area contributed by atoms with E-state index in [4.69, 9.17) is 0 Å². The molecule has 0 spiro atoms. The Morgan fingerprint density at radius 3 is 2.93 bits per heavy atom. The third kappa shape index (κ3) is 1.93. The average Bonchev–Trinajstić information content (AvgIpc) is 2.64. The SMILES string of the molecule is Fc1ccc(Nc2cnc[nH]2)cc1Br. The molecule has 2 aromatic rings. The Kier molecular flexibility index (Phi) is 2.49. The van der Waals surface area contributed by atoms with Gasteiger partial charge in [0.2, 0.25) is 0 Å². The minimum Gasteiger partial charge on any atom is -0.340 e. The molecule has 0 aliphatic rings. The maximum Gasteiger partial charge on any atom is 0.137 e. The Labute approximate surface area is 88.5 Å². The average molecular weight is 256 g/mol. The van der Waals surface area contributed by atoms with Crippen LogP contribution in [0.5, 0.6) is 0 Å². The van der Waals surface area contributed by atoms with Gasteiger partial charge in [0.05, 0.1) is 17.0 Å². The van der Waals surface area contributed by atoms with Crippen LogP contribution in [-0.2, 0) is 0 Å². The van der Waals surface area contributed by atoms with Crippen LogP contribution in [0.3, 0.4) is 0 Å². The van der Waals surface area contributed by atoms with Gasteiger partial charge in [-0.25, -0.2) is 9.37 Å². The summed E-state index contributed by atoms with van der Waals surface area (Å²) in [5, 5.41) is 3.04. The highest BCUT2D eigenvalue weighted by Gasteiger charge is 2.00. The van der Waals surface area contributed by atoms with Crippen molar-refractivity contribution in [1.29, 1.82) is 0 Å². The van der Waals surface area contributed by atoms with Crippen LogP contribution >= 0.6 is 15.9 Å². The second-order valence-electron chi connectivity index (χ2n) is 2.72. The van der Waals surface area contributed by atoms with Gasteiger partial charge in [-0.2, -0.15) is 0 Å². The largest absolute Gasteiger partial charge is 0.340 e. The van der Waals surface area contributed by atoms with E-state index < -0.39 is 0 Å². The van der Waals surface area contributed by atoms with Crippen molar-refractivity contribution in [3.63, 3.8) is 0 Å². The topological polar surface area (TPSA) is 40.7 Å². The minimum absolute atomic E-state index is 0.278. The summed E-state index contributed by atoms with van der Waals surface area (Å²) in [6, 6.07) is 4.71. The van der Waals surface area contributed by atoms with E-state index in [2.05, 4.69) is 31.2 Å². The molecule has 14 heavy (non-hydrogen) atoms. The Hall–Kier alpha value is -1.36. The molecule has 0 atom stereocenters. The van der Waals surface area contributed by atoms with Gasteiger partial charge in [0.1, 0.15) is 11.6 Å². The van der Waals surface area contributed by atoms with Crippen molar-refractivity contribution in [2.75, 3.05) is 5.32 Å². The number of nitrogens with one attached hydrogen (secondary N) is 2. The molecule has 72 valence electrons. The first kappa shape index (κ1) is 9.21. The monoisotopic (exact) mass is 255 g/mol. The molecule has 1 heterocycles. The molecule has 0 bridgehead atoms. The number of rotatable bonds is 2. The summed E-state index contributed by atoms with van der Waals surface area (Å²) >= 11 is 3.11. The molecule has 0 unspecified atom stereocenters. The van der Waals surface area contributed by atoms with E-state index in [0.29, 0.717) is 4.47 Å². The molecular weight excluding hydrogens is 249 g/mol. The molecule has 0 radical (unpaired) electrons. The van der Waals surface area contributed by atoms with Crippen LogP contribution in [0.25, 0.3) is 0 Å². The quantitative estimate of drug-likeness (QED) is 0.866. The Bertz CT molecular complexity index is 428. The first-order chi connectivity index (χ1) is 6.75. The van der Waals surface area contributed by atoms with Crippen molar-refractivity contribution in [1.82, 2.24) is 9.97 Å². The van der Waals surface area contributed by atoms with E-state index in [1.807, 2.05) is 0 Å². The summed E-state index contributed by atoms with van der Waals surface area (Å²) in [5.74, 6) is 0.490. The lowest BCUT2D eigenvalue weighted by atomic mass is 10.3. The van der Waals surface area contributed by atoms with Gasteiger partial charge in [0, 0.05) is 5.69 Å². The molecule has 0 amide bonds. The zero-order valence-electron chi connectivity index (χ0n) is 7.09. The van der Waals surface area contributed by atoms with Crippen molar-refractivity contribution < 1.29 is 4.39 Å². The van der Waals surface area contributed by atoms with Gasteiger partial charge < -0.3 is 10.3 Å². The lowest BCUT2D eigenvalue weighted by Gasteiger charge is -2.03. The van der Waals surface area contributed by atoms with E-state index in [9.17, 15) is 4.39 Å². The predicted octanol–water partition coefficient (Wildman–Crippen LogP) is 3.05. The number of halogens is 2. The smallest absolute Gasteiger partial charge is 0.137 e. The number of H-pyrrole nitrogens is 1. The van der Waals surface area contributed by atoms with Crippen LogP contribution in [0.4, 0.5) is 15.9 Å². The van der Waals surface area contributed by atoms with Crippen molar-refractivity contribution in [2.24, 2.45) is 0 Å². The molecular formula is C9H7BrFN3. The van der Waals surface area contributed by atoms with Gasteiger partial charge in [-0.3, -0.25) is 0 Å². The second kappa shape index (κ2) is 3.79. The number of benzene rings is 1. The summed E-state index contributed by atoms with van der Waals surface area (Å²) in [6.07, 6.45) is 3.22. The number of aromatic nitrogens is 2. The minimum atomic E-state index is -0.278. The van der Waals surface area contributed by atoms with Crippen LogP contribution in [0, 0.1) is 5.82 Å². The first-order valence-corrected chi connectivity index (χ1v) is 4.75. The number of aromatic amines is 1.